The van der Waals surface area contributed by atoms with Crippen LogP contribution in [-0.4, -0.2) is 4.98 Å². The summed E-state index contributed by atoms with van der Waals surface area (Å²) in [6.45, 7) is 0. The molecule has 7 heteroatoms. The number of anilines is 1. The van der Waals surface area contributed by atoms with Gasteiger partial charge in [0.05, 0.1) is 5.56 Å². The minimum Gasteiger partial charge on any atom is -0.384 e. The van der Waals surface area contributed by atoms with Gasteiger partial charge in [-0.25, -0.2) is 9.37 Å². The van der Waals surface area contributed by atoms with Crippen molar-refractivity contribution in [2.45, 2.75) is 16.1 Å². The topological polar surface area (TPSA) is 38.9 Å². The minimum atomic E-state index is -4.51. The molecule has 0 aliphatic rings. The number of benzene rings is 1. The minimum absolute atomic E-state index is 0.00238. The molecule has 1 heterocycles. The van der Waals surface area contributed by atoms with E-state index in [4.69, 9.17) is 5.73 Å². The van der Waals surface area contributed by atoms with Crippen LogP contribution in [-0.2, 0) is 6.18 Å². The summed E-state index contributed by atoms with van der Waals surface area (Å²) >= 11 is 0.793. The summed E-state index contributed by atoms with van der Waals surface area (Å²) in [5, 5.41) is -0.00238. The standard InChI is InChI=1S/C12H8F4N2S/c13-8-3-1-2-4-9(8)19-11-6-7(12(14,15)16)5-10(17)18-11/h1-6H,(H2,17,18). The fraction of sp³-hybridized carbons (Fsp3) is 0.0833. The van der Waals surface area contributed by atoms with Crippen LogP contribution < -0.4 is 5.73 Å². The molecule has 0 bridgehead atoms. The lowest BCUT2D eigenvalue weighted by molar-refractivity contribution is -0.137. The lowest BCUT2D eigenvalue weighted by Crippen LogP contribution is -2.07. The van der Waals surface area contributed by atoms with E-state index in [-0.39, 0.29) is 15.7 Å². The quantitative estimate of drug-likeness (QED) is 0.850. The highest BCUT2D eigenvalue weighted by Gasteiger charge is 2.31. The van der Waals surface area contributed by atoms with Crippen molar-refractivity contribution in [3.63, 3.8) is 0 Å². The molecule has 19 heavy (non-hydrogen) atoms. The Morgan fingerprint density at radius 2 is 1.79 bits per heavy atom. The second kappa shape index (κ2) is 5.08. The molecule has 0 radical (unpaired) electrons. The van der Waals surface area contributed by atoms with Crippen molar-refractivity contribution in [3.05, 3.63) is 47.8 Å². The van der Waals surface area contributed by atoms with Gasteiger partial charge in [0.2, 0.25) is 0 Å². The van der Waals surface area contributed by atoms with E-state index in [9.17, 15) is 17.6 Å². The van der Waals surface area contributed by atoms with Crippen molar-refractivity contribution >= 4 is 17.6 Å². The second-order valence-corrected chi connectivity index (χ2v) is 4.71. The number of hydrogen-bond donors (Lipinski definition) is 1. The van der Waals surface area contributed by atoms with Crippen molar-refractivity contribution in [2.24, 2.45) is 0 Å². The molecule has 0 atom stereocenters. The Balaban J connectivity index is 2.36. The first-order valence-corrected chi connectivity index (χ1v) is 5.95. The number of nitrogen functional groups attached to an aromatic ring is 1. The number of hydrogen-bond acceptors (Lipinski definition) is 3. The molecule has 0 unspecified atom stereocenters. The van der Waals surface area contributed by atoms with E-state index in [0.717, 1.165) is 23.9 Å². The average molecular weight is 288 g/mol. The number of nitrogens with two attached hydrogens (primary N) is 1. The first-order chi connectivity index (χ1) is 8.86. The van der Waals surface area contributed by atoms with Gasteiger partial charge in [-0.1, -0.05) is 23.9 Å². The predicted molar refractivity (Wildman–Crippen MR) is 64.2 cm³/mol. The maximum absolute atomic E-state index is 13.4. The fourth-order valence-corrected chi connectivity index (χ4v) is 2.26. The third-order valence-electron chi connectivity index (χ3n) is 2.20. The van der Waals surface area contributed by atoms with E-state index < -0.39 is 17.6 Å². The van der Waals surface area contributed by atoms with Crippen LogP contribution in [0.25, 0.3) is 0 Å². The molecule has 0 spiro atoms. The highest BCUT2D eigenvalue weighted by Crippen LogP contribution is 2.35. The molecule has 2 rings (SSSR count). The van der Waals surface area contributed by atoms with Gasteiger partial charge in [-0.2, -0.15) is 13.2 Å². The summed E-state index contributed by atoms with van der Waals surface area (Å²) in [7, 11) is 0. The van der Waals surface area contributed by atoms with Crippen LogP contribution in [0.5, 0.6) is 0 Å². The van der Waals surface area contributed by atoms with E-state index >= 15 is 0 Å². The van der Waals surface area contributed by atoms with Crippen molar-refractivity contribution in [3.8, 4) is 0 Å². The van der Waals surface area contributed by atoms with Crippen molar-refractivity contribution < 1.29 is 17.6 Å². The van der Waals surface area contributed by atoms with E-state index in [1.807, 2.05) is 0 Å². The molecule has 0 saturated carbocycles. The Hall–Kier alpha value is -1.76. The number of halogens is 4. The van der Waals surface area contributed by atoms with Crippen molar-refractivity contribution in [1.82, 2.24) is 4.98 Å². The summed E-state index contributed by atoms with van der Waals surface area (Å²) in [4.78, 5) is 3.95. The first kappa shape index (κ1) is 13.7. The van der Waals surface area contributed by atoms with Crippen molar-refractivity contribution in [1.29, 1.82) is 0 Å². The molecule has 2 aromatic rings. The van der Waals surface area contributed by atoms with Gasteiger partial charge < -0.3 is 5.73 Å². The van der Waals surface area contributed by atoms with E-state index in [0.29, 0.717) is 0 Å². The van der Waals surface area contributed by atoms with E-state index in [1.165, 1.54) is 18.2 Å². The zero-order valence-corrected chi connectivity index (χ0v) is 10.2. The maximum Gasteiger partial charge on any atom is 0.416 e. The molecular weight excluding hydrogens is 280 g/mol. The number of pyridine rings is 1. The number of alkyl halides is 3. The van der Waals surface area contributed by atoms with Crippen LogP contribution in [0.15, 0.2) is 46.3 Å². The number of nitrogens with zero attached hydrogens (tertiary/aromatic N) is 1. The normalized spacial score (nSPS) is 11.6. The van der Waals surface area contributed by atoms with Gasteiger partial charge in [0.15, 0.2) is 0 Å². The largest absolute Gasteiger partial charge is 0.416 e. The summed E-state index contributed by atoms with van der Waals surface area (Å²) in [6.07, 6.45) is -4.51. The highest BCUT2D eigenvalue weighted by molar-refractivity contribution is 7.99. The van der Waals surface area contributed by atoms with Gasteiger partial charge in [0.25, 0.3) is 0 Å². The molecule has 2 nitrogen and oxygen atoms in total. The monoisotopic (exact) mass is 288 g/mol. The van der Waals surface area contributed by atoms with Crippen LogP contribution in [0.2, 0.25) is 0 Å². The van der Waals surface area contributed by atoms with Gasteiger partial charge in [-0.3, -0.25) is 0 Å². The molecule has 1 aromatic heterocycles. The lowest BCUT2D eigenvalue weighted by atomic mass is 10.2. The summed E-state index contributed by atoms with van der Waals surface area (Å²) < 4.78 is 51.2. The van der Waals surface area contributed by atoms with Gasteiger partial charge in [0, 0.05) is 4.90 Å². The summed E-state index contributed by atoms with van der Waals surface area (Å²) in [5.74, 6) is -0.779. The SMILES string of the molecule is Nc1cc(C(F)(F)F)cc(Sc2ccccc2F)n1. The zero-order valence-electron chi connectivity index (χ0n) is 9.41. The van der Waals surface area contributed by atoms with Gasteiger partial charge in [0.1, 0.15) is 16.7 Å². The van der Waals surface area contributed by atoms with Gasteiger partial charge in [-0.05, 0) is 24.3 Å². The molecule has 0 fully saturated rings. The van der Waals surface area contributed by atoms with Gasteiger partial charge >= 0.3 is 6.18 Å². The van der Waals surface area contributed by atoms with Crippen molar-refractivity contribution in [2.75, 3.05) is 5.73 Å². The first-order valence-electron chi connectivity index (χ1n) is 5.13. The third-order valence-corrected chi connectivity index (χ3v) is 3.17. The molecular formula is C12H8F4N2S. The lowest BCUT2D eigenvalue weighted by Gasteiger charge is -2.09. The Morgan fingerprint density at radius 3 is 2.42 bits per heavy atom. The van der Waals surface area contributed by atoms with E-state index in [1.54, 1.807) is 6.07 Å². The third kappa shape index (κ3) is 3.37. The fourth-order valence-electron chi connectivity index (χ4n) is 1.38. The van der Waals surface area contributed by atoms with Crippen LogP contribution >= 0.6 is 11.8 Å². The Morgan fingerprint density at radius 1 is 1.11 bits per heavy atom. The Kier molecular flexibility index (Phi) is 3.66. The van der Waals surface area contributed by atoms with Crippen LogP contribution in [0.1, 0.15) is 5.56 Å². The van der Waals surface area contributed by atoms with Gasteiger partial charge in [-0.15, -0.1) is 0 Å². The van der Waals surface area contributed by atoms with Crippen LogP contribution in [0, 0.1) is 5.82 Å². The van der Waals surface area contributed by atoms with Crippen LogP contribution in [0.4, 0.5) is 23.4 Å². The summed E-state index contributed by atoms with van der Waals surface area (Å²) in [5.41, 5.74) is 4.43. The van der Waals surface area contributed by atoms with E-state index in [2.05, 4.69) is 4.98 Å². The Labute approximate surface area is 110 Å². The molecule has 2 N–H and O–H groups in total. The molecule has 0 amide bonds. The predicted octanol–water partition coefficient (Wildman–Crippen LogP) is 3.97. The Bertz CT molecular complexity index is 599. The van der Waals surface area contributed by atoms with Crippen LogP contribution in [0.3, 0.4) is 0 Å². The average Bonchev–Trinajstić information content (AvgIpc) is 2.30. The number of rotatable bonds is 2. The second-order valence-electron chi connectivity index (χ2n) is 3.65. The smallest absolute Gasteiger partial charge is 0.384 e. The molecule has 1 aromatic carbocycles. The summed E-state index contributed by atoms with van der Waals surface area (Å²) in [6, 6.07) is 7.34. The zero-order chi connectivity index (χ0) is 14.0. The maximum atomic E-state index is 13.4. The molecule has 0 saturated heterocycles. The molecule has 0 aliphatic heterocycles. The molecule has 0 aliphatic carbocycles. The highest BCUT2D eigenvalue weighted by atomic mass is 32.2. The number of aromatic nitrogens is 1. The molecule has 100 valence electrons.